The van der Waals surface area contributed by atoms with Gasteiger partial charge < -0.3 is 4.42 Å². The van der Waals surface area contributed by atoms with Crippen molar-refractivity contribution in [3.05, 3.63) is 35.9 Å². The van der Waals surface area contributed by atoms with E-state index in [0.717, 1.165) is 0 Å². The third kappa shape index (κ3) is 1.19. The fourth-order valence-electron chi connectivity index (χ4n) is 0.907. The molecule has 2 aromatic heterocycles. The lowest BCUT2D eigenvalue weighted by atomic mass is 10.3. The van der Waals surface area contributed by atoms with Gasteiger partial charge in [-0.15, -0.1) is 0 Å². The Morgan fingerprint density at radius 1 is 1.42 bits per heavy atom. The first-order chi connectivity index (χ1) is 5.88. The highest BCUT2D eigenvalue weighted by Gasteiger charge is 2.05. The molecule has 0 aromatic carbocycles. The molecule has 0 saturated heterocycles. The van der Waals surface area contributed by atoms with Gasteiger partial charge in [-0.1, -0.05) is 11.6 Å². The topological polar surface area (TPSA) is 38.9 Å². The van der Waals surface area contributed by atoms with Crippen molar-refractivity contribution < 1.29 is 4.42 Å². The van der Waals surface area contributed by atoms with Gasteiger partial charge in [-0.05, 0) is 12.1 Å². The van der Waals surface area contributed by atoms with Crippen LogP contribution in [0.15, 0.2) is 35.3 Å². The first kappa shape index (κ1) is 7.31. The van der Waals surface area contributed by atoms with Gasteiger partial charge in [0.15, 0.2) is 5.76 Å². The van der Waals surface area contributed by atoms with Crippen molar-refractivity contribution in [3.63, 3.8) is 0 Å². The molecule has 0 N–H and O–H groups in total. The fraction of sp³-hybridized carbons (Fsp3) is 0. The molecule has 2 heterocycles. The fourth-order valence-corrected chi connectivity index (χ4v) is 1.11. The Hall–Kier alpha value is -1.35. The van der Waals surface area contributed by atoms with Crippen LogP contribution in [0.2, 0.25) is 5.02 Å². The van der Waals surface area contributed by atoms with Crippen LogP contribution in [0.3, 0.4) is 0 Å². The standard InChI is InChI=1S/C8H5ClN2O/c9-6-4-10-5-11-8(6)7-2-1-3-12-7/h1-5H. The summed E-state index contributed by atoms with van der Waals surface area (Å²) in [4.78, 5) is 7.75. The first-order valence-electron chi connectivity index (χ1n) is 3.37. The van der Waals surface area contributed by atoms with Gasteiger partial charge in [0.2, 0.25) is 0 Å². The van der Waals surface area contributed by atoms with Gasteiger partial charge in [0.25, 0.3) is 0 Å². The summed E-state index contributed by atoms with van der Waals surface area (Å²) in [5.74, 6) is 0.655. The Balaban J connectivity index is 2.55. The van der Waals surface area contributed by atoms with Crippen molar-refractivity contribution >= 4 is 11.6 Å². The summed E-state index contributed by atoms with van der Waals surface area (Å²) in [5.41, 5.74) is 0.622. The van der Waals surface area contributed by atoms with Crippen molar-refractivity contribution in [2.45, 2.75) is 0 Å². The van der Waals surface area contributed by atoms with Crippen LogP contribution in [0.25, 0.3) is 11.5 Å². The van der Waals surface area contributed by atoms with Crippen LogP contribution in [0, 0.1) is 0 Å². The molecule has 0 atom stereocenters. The highest BCUT2D eigenvalue weighted by atomic mass is 35.5. The van der Waals surface area contributed by atoms with Crippen molar-refractivity contribution in [2.24, 2.45) is 0 Å². The summed E-state index contributed by atoms with van der Waals surface area (Å²) in [6, 6.07) is 3.59. The minimum atomic E-state index is 0.493. The van der Waals surface area contributed by atoms with Gasteiger partial charge >= 0.3 is 0 Å². The van der Waals surface area contributed by atoms with Gasteiger partial charge in [0.05, 0.1) is 11.3 Å². The van der Waals surface area contributed by atoms with E-state index in [9.17, 15) is 0 Å². The molecular weight excluding hydrogens is 176 g/mol. The van der Waals surface area contributed by atoms with Crippen LogP contribution in [0.5, 0.6) is 0 Å². The van der Waals surface area contributed by atoms with Gasteiger partial charge in [-0.2, -0.15) is 0 Å². The zero-order valence-corrected chi connectivity index (χ0v) is 6.82. The van der Waals surface area contributed by atoms with E-state index in [-0.39, 0.29) is 0 Å². The molecule has 0 bridgehead atoms. The molecule has 0 saturated carbocycles. The molecule has 2 rings (SSSR count). The van der Waals surface area contributed by atoms with E-state index < -0.39 is 0 Å². The molecular formula is C8H5ClN2O. The molecule has 0 amide bonds. The molecule has 60 valence electrons. The number of aromatic nitrogens is 2. The summed E-state index contributed by atoms with van der Waals surface area (Å²) < 4.78 is 5.13. The molecule has 3 nitrogen and oxygen atoms in total. The second-order valence-electron chi connectivity index (χ2n) is 2.20. The average molecular weight is 181 g/mol. The Kier molecular flexibility index (Phi) is 1.80. The summed E-state index contributed by atoms with van der Waals surface area (Å²) in [7, 11) is 0. The largest absolute Gasteiger partial charge is 0.463 e. The predicted octanol–water partition coefficient (Wildman–Crippen LogP) is 2.39. The molecule has 0 fully saturated rings. The van der Waals surface area contributed by atoms with Gasteiger partial charge in [0, 0.05) is 6.20 Å². The van der Waals surface area contributed by atoms with Crippen LogP contribution in [-0.2, 0) is 0 Å². The third-order valence-corrected chi connectivity index (χ3v) is 1.70. The molecule has 0 aliphatic heterocycles. The average Bonchev–Trinajstić information content (AvgIpc) is 2.57. The second kappa shape index (κ2) is 2.95. The van der Waals surface area contributed by atoms with E-state index >= 15 is 0 Å². The van der Waals surface area contributed by atoms with Crippen molar-refractivity contribution in [1.29, 1.82) is 0 Å². The Labute approximate surface area is 74.0 Å². The molecule has 0 spiro atoms. The number of hydrogen-bond acceptors (Lipinski definition) is 3. The molecule has 0 radical (unpaired) electrons. The van der Waals surface area contributed by atoms with E-state index in [0.29, 0.717) is 16.5 Å². The minimum absolute atomic E-state index is 0.493. The van der Waals surface area contributed by atoms with Crippen LogP contribution in [0.4, 0.5) is 0 Å². The Morgan fingerprint density at radius 2 is 2.33 bits per heavy atom. The van der Waals surface area contributed by atoms with E-state index in [1.54, 1.807) is 18.4 Å². The highest BCUT2D eigenvalue weighted by molar-refractivity contribution is 6.32. The highest BCUT2D eigenvalue weighted by Crippen LogP contribution is 2.23. The van der Waals surface area contributed by atoms with E-state index in [2.05, 4.69) is 9.97 Å². The molecule has 4 heteroatoms. The summed E-state index contributed by atoms with van der Waals surface area (Å²) in [6.07, 6.45) is 4.55. The summed E-state index contributed by atoms with van der Waals surface area (Å²) >= 11 is 5.83. The van der Waals surface area contributed by atoms with Gasteiger partial charge in [-0.25, -0.2) is 9.97 Å². The van der Waals surface area contributed by atoms with Crippen LogP contribution in [-0.4, -0.2) is 9.97 Å². The number of furan rings is 1. The quantitative estimate of drug-likeness (QED) is 0.677. The maximum absolute atomic E-state index is 5.83. The zero-order chi connectivity index (χ0) is 8.39. The molecule has 0 aliphatic carbocycles. The van der Waals surface area contributed by atoms with Crippen molar-refractivity contribution in [1.82, 2.24) is 9.97 Å². The van der Waals surface area contributed by atoms with E-state index in [1.165, 1.54) is 12.5 Å². The number of nitrogens with zero attached hydrogens (tertiary/aromatic N) is 2. The molecule has 12 heavy (non-hydrogen) atoms. The maximum Gasteiger partial charge on any atom is 0.153 e. The van der Waals surface area contributed by atoms with E-state index in [1.807, 2.05) is 0 Å². The Bertz CT molecular complexity index is 372. The summed E-state index contributed by atoms with van der Waals surface area (Å²) in [5, 5.41) is 0.493. The van der Waals surface area contributed by atoms with E-state index in [4.69, 9.17) is 16.0 Å². The smallest absolute Gasteiger partial charge is 0.153 e. The van der Waals surface area contributed by atoms with Crippen LogP contribution in [0.1, 0.15) is 0 Å². The van der Waals surface area contributed by atoms with Gasteiger partial charge in [0.1, 0.15) is 12.0 Å². The predicted molar refractivity (Wildman–Crippen MR) is 44.7 cm³/mol. The van der Waals surface area contributed by atoms with Crippen molar-refractivity contribution in [2.75, 3.05) is 0 Å². The second-order valence-corrected chi connectivity index (χ2v) is 2.60. The number of rotatable bonds is 1. The number of halogens is 1. The maximum atomic E-state index is 5.83. The lowest BCUT2D eigenvalue weighted by Crippen LogP contribution is -1.83. The normalized spacial score (nSPS) is 10.1. The number of hydrogen-bond donors (Lipinski definition) is 0. The van der Waals surface area contributed by atoms with Crippen LogP contribution >= 0.6 is 11.6 Å². The molecule has 2 aromatic rings. The SMILES string of the molecule is Clc1cncnc1-c1ccco1. The van der Waals surface area contributed by atoms with Gasteiger partial charge in [-0.3, -0.25) is 0 Å². The zero-order valence-electron chi connectivity index (χ0n) is 6.07. The monoisotopic (exact) mass is 180 g/mol. The van der Waals surface area contributed by atoms with Crippen LogP contribution < -0.4 is 0 Å². The lowest BCUT2D eigenvalue weighted by Gasteiger charge is -1.95. The third-order valence-electron chi connectivity index (χ3n) is 1.42. The molecule has 0 unspecified atom stereocenters. The lowest BCUT2D eigenvalue weighted by molar-refractivity contribution is 0.580. The van der Waals surface area contributed by atoms with Crippen molar-refractivity contribution in [3.8, 4) is 11.5 Å². The molecule has 0 aliphatic rings. The first-order valence-corrected chi connectivity index (χ1v) is 3.75. The summed E-state index contributed by atoms with van der Waals surface area (Å²) in [6.45, 7) is 0. The Morgan fingerprint density at radius 3 is 3.00 bits per heavy atom. The minimum Gasteiger partial charge on any atom is -0.463 e.